The largest absolute Gasteiger partial charge is 0.335 e. The summed E-state index contributed by atoms with van der Waals surface area (Å²) in [6, 6.07) is 15.9. The van der Waals surface area contributed by atoms with Gasteiger partial charge in [0.2, 0.25) is 0 Å². The zero-order chi connectivity index (χ0) is 21.0. The number of thiazole rings is 1. The molecule has 0 aliphatic carbocycles. The molecular weight excluding hydrogens is 408 g/mol. The number of rotatable bonds is 5. The lowest BCUT2D eigenvalue weighted by Crippen LogP contribution is -2.48. The first-order valence-electron chi connectivity index (χ1n) is 10.2. The Labute approximate surface area is 184 Å². The van der Waals surface area contributed by atoms with Crippen molar-refractivity contribution in [2.45, 2.75) is 6.54 Å². The fourth-order valence-corrected chi connectivity index (χ4v) is 4.42. The van der Waals surface area contributed by atoms with Crippen LogP contribution >= 0.6 is 11.3 Å². The first-order valence-corrected chi connectivity index (χ1v) is 11.1. The highest BCUT2D eigenvalue weighted by atomic mass is 32.1. The van der Waals surface area contributed by atoms with Crippen molar-refractivity contribution in [2.24, 2.45) is 0 Å². The second kappa shape index (κ2) is 8.79. The van der Waals surface area contributed by atoms with E-state index in [4.69, 9.17) is 0 Å². The van der Waals surface area contributed by atoms with Crippen LogP contribution in [-0.4, -0.2) is 61.6 Å². The van der Waals surface area contributed by atoms with Gasteiger partial charge in [-0.25, -0.2) is 9.67 Å². The Morgan fingerprint density at radius 1 is 1.00 bits per heavy atom. The maximum atomic E-state index is 13.0. The number of piperazine rings is 1. The molecule has 0 unspecified atom stereocenters. The Balaban J connectivity index is 1.21. The summed E-state index contributed by atoms with van der Waals surface area (Å²) in [6.07, 6.45) is 5.55. The van der Waals surface area contributed by atoms with Gasteiger partial charge in [0, 0.05) is 56.1 Å². The molecular formula is C23H22N6OS. The molecule has 156 valence electrons. The lowest BCUT2D eigenvalue weighted by atomic mass is 10.2. The number of hydrogen-bond acceptors (Lipinski definition) is 6. The lowest BCUT2D eigenvalue weighted by molar-refractivity contribution is 0.0622. The SMILES string of the molecule is O=C(c1csc(-c2cnn(-c3ccccc3)c2)n1)N1CCN(Cc2ccccn2)CC1. The van der Waals surface area contributed by atoms with Gasteiger partial charge in [0.15, 0.2) is 0 Å². The van der Waals surface area contributed by atoms with Gasteiger partial charge in [-0.05, 0) is 24.3 Å². The van der Waals surface area contributed by atoms with Gasteiger partial charge in [0.25, 0.3) is 5.91 Å². The Morgan fingerprint density at radius 2 is 1.81 bits per heavy atom. The zero-order valence-electron chi connectivity index (χ0n) is 17.0. The van der Waals surface area contributed by atoms with Crippen LogP contribution in [-0.2, 0) is 6.54 Å². The fourth-order valence-electron chi connectivity index (χ4n) is 3.65. The van der Waals surface area contributed by atoms with Crippen molar-refractivity contribution in [2.75, 3.05) is 26.2 Å². The van der Waals surface area contributed by atoms with Crippen LogP contribution in [0.15, 0.2) is 72.5 Å². The van der Waals surface area contributed by atoms with Gasteiger partial charge in [-0.15, -0.1) is 11.3 Å². The van der Waals surface area contributed by atoms with E-state index in [9.17, 15) is 4.79 Å². The minimum Gasteiger partial charge on any atom is -0.335 e. The zero-order valence-corrected chi connectivity index (χ0v) is 17.8. The molecule has 1 aliphatic rings. The van der Waals surface area contributed by atoms with Crippen LogP contribution in [0.3, 0.4) is 0 Å². The molecule has 1 aliphatic heterocycles. The molecule has 5 rings (SSSR count). The van der Waals surface area contributed by atoms with Gasteiger partial charge >= 0.3 is 0 Å². The van der Waals surface area contributed by atoms with E-state index in [2.05, 4.69) is 20.0 Å². The Bertz CT molecular complexity index is 1150. The van der Waals surface area contributed by atoms with E-state index >= 15 is 0 Å². The monoisotopic (exact) mass is 430 g/mol. The van der Waals surface area contributed by atoms with Gasteiger partial charge in [-0.2, -0.15) is 5.10 Å². The summed E-state index contributed by atoms with van der Waals surface area (Å²) >= 11 is 1.48. The second-order valence-electron chi connectivity index (χ2n) is 7.44. The van der Waals surface area contributed by atoms with Gasteiger partial charge in [0.05, 0.1) is 17.6 Å². The predicted molar refractivity (Wildman–Crippen MR) is 120 cm³/mol. The predicted octanol–water partition coefficient (Wildman–Crippen LogP) is 3.35. The molecule has 8 heteroatoms. The number of hydrogen-bond donors (Lipinski definition) is 0. The average molecular weight is 431 g/mol. The Hall–Kier alpha value is -3.36. The van der Waals surface area contributed by atoms with Crippen molar-refractivity contribution in [3.05, 3.63) is 83.9 Å². The molecule has 0 bridgehead atoms. The van der Waals surface area contributed by atoms with E-state index in [0.717, 1.165) is 41.6 Å². The second-order valence-corrected chi connectivity index (χ2v) is 8.29. The van der Waals surface area contributed by atoms with Crippen molar-refractivity contribution in [3.63, 3.8) is 0 Å². The molecule has 7 nitrogen and oxygen atoms in total. The van der Waals surface area contributed by atoms with E-state index in [1.54, 1.807) is 6.20 Å². The number of aromatic nitrogens is 4. The number of pyridine rings is 1. The summed E-state index contributed by atoms with van der Waals surface area (Å²) < 4.78 is 1.82. The van der Waals surface area contributed by atoms with Gasteiger partial charge in [-0.1, -0.05) is 24.3 Å². The highest BCUT2D eigenvalue weighted by Crippen LogP contribution is 2.25. The van der Waals surface area contributed by atoms with Crippen molar-refractivity contribution >= 4 is 17.2 Å². The summed E-state index contributed by atoms with van der Waals surface area (Å²) in [6.45, 7) is 3.89. The van der Waals surface area contributed by atoms with Crippen LogP contribution in [0.25, 0.3) is 16.3 Å². The molecule has 0 saturated carbocycles. The van der Waals surface area contributed by atoms with Crippen molar-refractivity contribution in [1.29, 1.82) is 0 Å². The van der Waals surface area contributed by atoms with Gasteiger partial charge < -0.3 is 4.90 Å². The van der Waals surface area contributed by atoms with Crippen LogP contribution in [0, 0.1) is 0 Å². The summed E-state index contributed by atoms with van der Waals surface area (Å²) in [7, 11) is 0. The van der Waals surface area contributed by atoms with Crippen molar-refractivity contribution in [3.8, 4) is 16.3 Å². The smallest absolute Gasteiger partial charge is 0.273 e. The number of amides is 1. The number of nitrogens with zero attached hydrogens (tertiary/aromatic N) is 6. The molecule has 1 aromatic carbocycles. The third kappa shape index (κ3) is 4.40. The van der Waals surface area contributed by atoms with E-state index < -0.39 is 0 Å². The topological polar surface area (TPSA) is 67.2 Å². The molecule has 0 N–H and O–H groups in total. The normalized spacial score (nSPS) is 14.6. The van der Waals surface area contributed by atoms with Crippen LogP contribution in [0.5, 0.6) is 0 Å². The van der Waals surface area contributed by atoms with Crippen molar-refractivity contribution in [1.82, 2.24) is 29.5 Å². The minimum atomic E-state index is -0.00422. The molecule has 0 atom stereocenters. The molecule has 1 amide bonds. The van der Waals surface area contributed by atoms with Gasteiger partial charge in [-0.3, -0.25) is 14.7 Å². The standard InChI is InChI=1S/C23H22N6OS/c30-23(28-12-10-27(11-13-28)16-19-6-4-5-9-24-19)21-17-31-22(26-21)18-14-25-29(15-18)20-7-2-1-3-8-20/h1-9,14-15,17H,10-13,16H2. The molecule has 4 heterocycles. The van der Waals surface area contributed by atoms with Crippen molar-refractivity contribution < 1.29 is 4.79 Å². The molecule has 4 aromatic rings. The van der Waals surface area contributed by atoms with E-state index in [1.807, 2.05) is 75.9 Å². The van der Waals surface area contributed by atoms with Crippen LogP contribution in [0.2, 0.25) is 0 Å². The average Bonchev–Trinajstić information content (AvgIpc) is 3.51. The number of carbonyl (C=O) groups is 1. The van der Waals surface area contributed by atoms with E-state index in [0.29, 0.717) is 18.8 Å². The van der Waals surface area contributed by atoms with E-state index in [1.165, 1.54) is 11.3 Å². The molecule has 1 fully saturated rings. The molecule has 0 radical (unpaired) electrons. The van der Waals surface area contributed by atoms with Crippen LogP contribution in [0.1, 0.15) is 16.2 Å². The summed E-state index contributed by atoms with van der Waals surface area (Å²) in [4.78, 5) is 26.2. The highest BCUT2D eigenvalue weighted by Gasteiger charge is 2.24. The van der Waals surface area contributed by atoms with Gasteiger partial charge in [0.1, 0.15) is 10.7 Å². The highest BCUT2D eigenvalue weighted by molar-refractivity contribution is 7.13. The van der Waals surface area contributed by atoms with E-state index in [-0.39, 0.29) is 5.91 Å². The lowest BCUT2D eigenvalue weighted by Gasteiger charge is -2.34. The summed E-state index contributed by atoms with van der Waals surface area (Å²) in [5.41, 5.74) is 3.46. The van der Waals surface area contributed by atoms with Crippen LogP contribution in [0.4, 0.5) is 0 Å². The maximum absolute atomic E-state index is 13.0. The molecule has 0 spiro atoms. The Kier molecular flexibility index (Phi) is 5.56. The number of para-hydroxylation sites is 1. The summed E-state index contributed by atoms with van der Waals surface area (Å²) in [5, 5.41) is 7.08. The number of benzene rings is 1. The fraction of sp³-hybridized carbons (Fsp3) is 0.217. The quantitative estimate of drug-likeness (QED) is 0.486. The maximum Gasteiger partial charge on any atom is 0.273 e. The van der Waals surface area contributed by atoms with Crippen LogP contribution < -0.4 is 0 Å². The third-order valence-corrected chi connectivity index (χ3v) is 6.24. The minimum absolute atomic E-state index is 0.00422. The molecule has 3 aromatic heterocycles. The molecule has 1 saturated heterocycles. The molecule has 31 heavy (non-hydrogen) atoms. The third-order valence-electron chi connectivity index (χ3n) is 5.34. The summed E-state index contributed by atoms with van der Waals surface area (Å²) in [5.74, 6) is -0.00422. The first-order chi connectivity index (χ1) is 15.3. The first kappa shape index (κ1) is 19.6. The number of carbonyl (C=O) groups excluding carboxylic acids is 1. The Morgan fingerprint density at radius 3 is 2.58 bits per heavy atom.